The maximum absolute atomic E-state index is 6.63. The van der Waals surface area contributed by atoms with Gasteiger partial charge in [0.15, 0.2) is 0 Å². The summed E-state index contributed by atoms with van der Waals surface area (Å²) in [5.74, 6) is 0.651. The minimum Gasteiger partial charge on any atom is -0.318 e. The van der Waals surface area contributed by atoms with Crippen LogP contribution >= 0.6 is 15.9 Å². The first kappa shape index (κ1) is 15.3. The maximum atomic E-state index is 6.63. The summed E-state index contributed by atoms with van der Waals surface area (Å²) >= 11 is 3.61. The second kappa shape index (κ2) is 6.11. The number of hydrogen-bond acceptors (Lipinski definition) is 1. The fourth-order valence-electron chi connectivity index (χ4n) is 2.53. The van der Waals surface area contributed by atoms with Crippen LogP contribution in [0.25, 0.3) is 0 Å². The topological polar surface area (TPSA) is 26.0 Å². The van der Waals surface area contributed by atoms with Crippen molar-refractivity contribution in [1.82, 2.24) is 0 Å². The molecule has 1 atom stereocenters. The molecular weight excluding hydrogens is 310 g/mol. The summed E-state index contributed by atoms with van der Waals surface area (Å²) in [5, 5.41) is 0. The van der Waals surface area contributed by atoms with E-state index in [-0.39, 0.29) is 0 Å². The normalized spacial score (nSPS) is 14.3. The van der Waals surface area contributed by atoms with E-state index in [4.69, 9.17) is 5.73 Å². The van der Waals surface area contributed by atoms with Gasteiger partial charge < -0.3 is 5.73 Å². The third-order valence-electron chi connectivity index (χ3n) is 3.60. The molecule has 2 aromatic rings. The van der Waals surface area contributed by atoms with Crippen LogP contribution in [-0.4, -0.2) is 0 Å². The minimum absolute atomic E-state index is 0.493. The van der Waals surface area contributed by atoms with Crippen molar-refractivity contribution in [3.8, 4) is 0 Å². The van der Waals surface area contributed by atoms with Gasteiger partial charge in [-0.3, -0.25) is 0 Å². The second-order valence-corrected chi connectivity index (χ2v) is 6.83. The van der Waals surface area contributed by atoms with Crippen molar-refractivity contribution in [3.05, 3.63) is 69.7 Å². The van der Waals surface area contributed by atoms with Gasteiger partial charge >= 0.3 is 0 Å². The molecule has 0 aliphatic heterocycles. The Morgan fingerprint density at radius 1 is 1.10 bits per heavy atom. The quantitative estimate of drug-likeness (QED) is 0.849. The minimum atomic E-state index is -0.493. The van der Waals surface area contributed by atoms with E-state index in [9.17, 15) is 0 Å². The first-order valence-electron chi connectivity index (χ1n) is 7.04. The van der Waals surface area contributed by atoms with Crippen LogP contribution in [0.5, 0.6) is 0 Å². The van der Waals surface area contributed by atoms with Crippen LogP contribution in [0.3, 0.4) is 0 Å². The van der Waals surface area contributed by atoms with Crippen LogP contribution in [0.4, 0.5) is 0 Å². The molecule has 0 fully saturated rings. The molecule has 1 unspecified atom stereocenters. The molecule has 0 spiro atoms. The third kappa shape index (κ3) is 3.31. The van der Waals surface area contributed by atoms with Crippen molar-refractivity contribution in [3.63, 3.8) is 0 Å². The van der Waals surface area contributed by atoms with Gasteiger partial charge in [0, 0.05) is 4.47 Å². The standard InChI is InChI=1S/C18H22BrN/c1-13(2)11-14-7-6-8-15(12-14)18(3,20)16-9-4-5-10-17(16)19/h4-10,12-13H,11,20H2,1-3H3. The van der Waals surface area contributed by atoms with Crippen LogP contribution in [0.2, 0.25) is 0 Å². The van der Waals surface area contributed by atoms with E-state index in [0.29, 0.717) is 5.92 Å². The first-order valence-corrected chi connectivity index (χ1v) is 7.84. The summed E-state index contributed by atoms with van der Waals surface area (Å²) < 4.78 is 1.05. The van der Waals surface area contributed by atoms with Gasteiger partial charge in [0.2, 0.25) is 0 Å². The Hall–Kier alpha value is -1.12. The zero-order valence-corrected chi connectivity index (χ0v) is 13.9. The molecule has 0 heterocycles. The highest BCUT2D eigenvalue weighted by atomic mass is 79.9. The Kier molecular flexibility index (Phi) is 4.66. The van der Waals surface area contributed by atoms with Crippen LogP contribution in [0, 0.1) is 5.92 Å². The average Bonchev–Trinajstić information content (AvgIpc) is 2.38. The first-order chi connectivity index (χ1) is 9.41. The lowest BCUT2D eigenvalue weighted by molar-refractivity contribution is 0.595. The highest BCUT2D eigenvalue weighted by Crippen LogP contribution is 2.32. The molecule has 0 aliphatic rings. The Morgan fingerprint density at radius 2 is 1.80 bits per heavy atom. The van der Waals surface area contributed by atoms with Gasteiger partial charge in [0.1, 0.15) is 0 Å². The molecule has 0 aromatic heterocycles. The molecule has 0 bridgehead atoms. The predicted molar refractivity (Wildman–Crippen MR) is 89.8 cm³/mol. The van der Waals surface area contributed by atoms with Gasteiger partial charge in [-0.25, -0.2) is 0 Å². The SMILES string of the molecule is CC(C)Cc1cccc(C(C)(N)c2ccccc2Br)c1. The van der Waals surface area contributed by atoms with E-state index >= 15 is 0 Å². The highest BCUT2D eigenvalue weighted by Gasteiger charge is 2.25. The number of rotatable bonds is 4. The van der Waals surface area contributed by atoms with Crippen LogP contribution in [0.15, 0.2) is 53.0 Å². The molecule has 1 nitrogen and oxygen atoms in total. The van der Waals surface area contributed by atoms with E-state index in [1.165, 1.54) is 5.56 Å². The second-order valence-electron chi connectivity index (χ2n) is 5.98. The molecule has 0 amide bonds. The number of hydrogen-bond donors (Lipinski definition) is 1. The fourth-order valence-corrected chi connectivity index (χ4v) is 3.23. The Balaban J connectivity index is 2.41. The summed E-state index contributed by atoms with van der Waals surface area (Å²) in [6, 6.07) is 16.8. The molecule has 0 saturated heterocycles. The lowest BCUT2D eigenvalue weighted by Crippen LogP contribution is -2.34. The van der Waals surface area contributed by atoms with E-state index in [1.54, 1.807) is 0 Å². The molecule has 0 aliphatic carbocycles. The summed E-state index contributed by atoms with van der Waals surface area (Å²) in [7, 11) is 0. The Labute approximate surface area is 130 Å². The van der Waals surface area contributed by atoms with E-state index in [1.807, 2.05) is 18.2 Å². The van der Waals surface area contributed by atoms with Crippen molar-refractivity contribution in [2.75, 3.05) is 0 Å². The van der Waals surface area contributed by atoms with Gasteiger partial charge in [-0.05, 0) is 42.0 Å². The van der Waals surface area contributed by atoms with E-state index in [2.05, 4.69) is 67.0 Å². The molecule has 106 valence electrons. The number of benzene rings is 2. The van der Waals surface area contributed by atoms with Gasteiger partial charge in [0.05, 0.1) is 5.54 Å². The maximum Gasteiger partial charge on any atom is 0.0648 e. The van der Waals surface area contributed by atoms with Gasteiger partial charge in [-0.15, -0.1) is 0 Å². The predicted octanol–water partition coefficient (Wildman–Crippen LogP) is 4.87. The van der Waals surface area contributed by atoms with Gasteiger partial charge in [-0.2, -0.15) is 0 Å². The van der Waals surface area contributed by atoms with Crippen LogP contribution < -0.4 is 5.73 Å². The van der Waals surface area contributed by atoms with Gasteiger partial charge in [0.25, 0.3) is 0 Å². The number of nitrogens with two attached hydrogens (primary N) is 1. The van der Waals surface area contributed by atoms with Gasteiger partial charge in [-0.1, -0.05) is 72.2 Å². The van der Waals surface area contributed by atoms with Crippen molar-refractivity contribution in [2.45, 2.75) is 32.7 Å². The Bertz CT molecular complexity index is 587. The zero-order chi connectivity index (χ0) is 14.8. The average molecular weight is 332 g/mol. The molecule has 2 aromatic carbocycles. The van der Waals surface area contributed by atoms with E-state index < -0.39 is 5.54 Å². The third-order valence-corrected chi connectivity index (χ3v) is 4.30. The highest BCUT2D eigenvalue weighted by molar-refractivity contribution is 9.10. The molecule has 2 rings (SSSR count). The van der Waals surface area contributed by atoms with Crippen LogP contribution in [0.1, 0.15) is 37.5 Å². The lowest BCUT2D eigenvalue weighted by Gasteiger charge is -2.27. The molecule has 2 N–H and O–H groups in total. The smallest absolute Gasteiger partial charge is 0.0648 e. The summed E-state index contributed by atoms with van der Waals surface area (Å²) in [6.45, 7) is 6.55. The largest absolute Gasteiger partial charge is 0.318 e. The monoisotopic (exact) mass is 331 g/mol. The van der Waals surface area contributed by atoms with E-state index in [0.717, 1.165) is 22.0 Å². The summed E-state index contributed by atoms with van der Waals surface area (Å²) in [4.78, 5) is 0. The van der Waals surface area contributed by atoms with Crippen molar-refractivity contribution in [2.24, 2.45) is 11.7 Å². The summed E-state index contributed by atoms with van der Waals surface area (Å²) in [5.41, 5.74) is 9.75. The Morgan fingerprint density at radius 3 is 2.45 bits per heavy atom. The molecule has 2 heteroatoms. The fraction of sp³-hybridized carbons (Fsp3) is 0.333. The zero-order valence-electron chi connectivity index (χ0n) is 12.4. The lowest BCUT2D eigenvalue weighted by atomic mass is 9.84. The number of halogens is 1. The van der Waals surface area contributed by atoms with Crippen molar-refractivity contribution >= 4 is 15.9 Å². The molecular formula is C18H22BrN. The summed E-state index contributed by atoms with van der Waals surface area (Å²) in [6.07, 6.45) is 1.08. The molecule has 20 heavy (non-hydrogen) atoms. The molecule has 0 radical (unpaired) electrons. The van der Waals surface area contributed by atoms with Crippen molar-refractivity contribution < 1.29 is 0 Å². The van der Waals surface area contributed by atoms with Crippen LogP contribution in [-0.2, 0) is 12.0 Å². The molecule has 0 saturated carbocycles. The van der Waals surface area contributed by atoms with Crippen molar-refractivity contribution in [1.29, 1.82) is 0 Å².